The Bertz CT molecular complexity index is 377. The Morgan fingerprint density at radius 2 is 1.94 bits per heavy atom. The van der Waals surface area contributed by atoms with Gasteiger partial charge in [-0.15, -0.1) is 12.4 Å². The summed E-state index contributed by atoms with van der Waals surface area (Å²) in [4.78, 5) is 11.8. The molecule has 1 amide bonds. The fourth-order valence-electron chi connectivity index (χ4n) is 1.46. The summed E-state index contributed by atoms with van der Waals surface area (Å²) in [5.74, 6) is -0.00535. The Hall–Kier alpha value is -0.770. The van der Waals surface area contributed by atoms with Crippen LogP contribution in [0.3, 0.4) is 0 Å². The van der Waals surface area contributed by atoms with Crippen LogP contribution in [0, 0.1) is 0 Å². The lowest BCUT2D eigenvalue weighted by Gasteiger charge is -2.13. The Balaban J connectivity index is 0.00000144. The molecule has 0 aromatic heterocycles. The zero-order valence-corrected chi connectivity index (χ0v) is 11.1. The Morgan fingerprint density at radius 1 is 1.35 bits per heavy atom. The van der Waals surface area contributed by atoms with E-state index in [-0.39, 0.29) is 24.4 Å². The van der Waals surface area contributed by atoms with Crippen molar-refractivity contribution in [1.29, 1.82) is 0 Å². The molecule has 1 aliphatic carbocycles. The van der Waals surface area contributed by atoms with Gasteiger partial charge in [0.1, 0.15) is 0 Å². The molecule has 1 aliphatic rings. The zero-order chi connectivity index (χ0) is 11.5. The maximum atomic E-state index is 11.8. The third kappa shape index (κ3) is 4.54. The van der Waals surface area contributed by atoms with E-state index in [0.29, 0.717) is 11.1 Å². The number of halogens is 2. The molecule has 0 heterocycles. The van der Waals surface area contributed by atoms with E-state index in [0.717, 1.165) is 5.69 Å². The van der Waals surface area contributed by atoms with Crippen LogP contribution >= 0.6 is 24.0 Å². The molecular formula is C12H16Cl2N2O. The van der Waals surface area contributed by atoms with Crippen LogP contribution in [-0.2, 0) is 4.79 Å². The standard InChI is InChI=1S/C12H15ClN2O.ClH/c1-8(14-10-6-7-10)12(16)15-11-4-2-9(13)3-5-11;/h2-5,8,10,14H,6-7H2,1H3,(H,15,16);1H. The SMILES string of the molecule is CC(NC1CC1)C(=O)Nc1ccc(Cl)cc1.Cl. The second-order valence-electron chi connectivity index (χ2n) is 4.16. The van der Waals surface area contributed by atoms with Gasteiger partial charge in [-0.05, 0) is 44.0 Å². The van der Waals surface area contributed by atoms with Gasteiger partial charge in [0.25, 0.3) is 0 Å². The molecule has 3 nitrogen and oxygen atoms in total. The molecule has 2 N–H and O–H groups in total. The summed E-state index contributed by atoms with van der Waals surface area (Å²) in [7, 11) is 0. The molecule has 0 bridgehead atoms. The minimum Gasteiger partial charge on any atom is -0.325 e. The average molecular weight is 275 g/mol. The maximum Gasteiger partial charge on any atom is 0.241 e. The van der Waals surface area contributed by atoms with E-state index in [1.165, 1.54) is 12.8 Å². The van der Waals surface area contributed by atoms with Crippen molar-refractivity contribution in [2.24, 2.45) is 0 Å². The van der Waals surface area contributed by atoms with Crippen LogP contribution in [0.25, 0.3) is 0 Å². The normalized spacial score (nSPS) is 15.9. The van der Waals surface area contributed by atoms with E-state index in [9.17, 15) is 4.79 Å². The molecule has 0 radical (unpaired) electrons. The van der Waals surface area contributed by atoms with Crippen molar-refractivity contribution in [3.05, 3.63) is 29.3 Å². The summed E-state index contributed by atoms with van der Waals surface area (Å²) in [6.07, 6.45) is 2.36. The van der Waals surface area contributed by atoms with Gasteiger partial charge in [-0.25, -0.2) is 0 Å². The summed E-state index contributed by atoms with van der Waals surface area (Å²) in [5.41, 5.74) is 0.777. The van der Waals surface area contributed by atoms with Crippen molar-refractivity contribution in [2.75, 3.05) is 5.32 Å². The number of hydrogen-bond acceptors (Lipinski definition) is 2. The number of anilines is 1. The second-order valence-corrected chi connectivity index (χ2v) is 4.60. The molecule has 5 heteroatoms. The summed E-state index contributed by atoms with van der Waals surface area (Å²) >= 11 is 5.76. The largest absolute Gasteiger partial charge is 0.325 e. The minimum absolute atomic E-state index is 0. The van der Waals surface area contributed by atoms with Crippen molar-refractivity contribution in [3.8, 4) is 0 Å². The van der Waals surface area contributed by atoms with Crippen LogP contribution in [0.5, 0.6) is 0 Å². The highest BCUT2D eigenvalue weighted by Gasteiger charge is 2.25. The van der Waals surface area contributed by atoms with E-state index in [4.69, 9.17) is 11.6 Å². The first-order chi connectivity index (χ1) is 7.65. The first-order valence-electron chi connectivity index (χ1n) is 5.47. The zero-order valence-electron chi connectivity index (χ0n) is 9.57. The van der Waals surface area contributed by atoms with Gasteiger partial charge in [-0.1, -0.05) is 11.6 Å². The fourth-order valence-corrected chi connectivity index (χ4v) is 1.59. The highest BCUT2D eigenvalue weighted by atomic mass is 35.5. The molecule has 2 rings (SSSR count). The van der Waals surface area contributed by atoms with E-state index in [1.54, 1.807) is 24.3 Å². The molecule has 0 aliphatic heterocycles. The molecule has 1 aromatic rings. The quantitative estimate of drug-likeness (QED) is 0.887. The van der Waals surface area contributed by atoms with Crippen molar-refractivity contribution in [3.63, 3.8) is 0 Å². The van der Waals surface area contributed by atoms with Gasteiger partial charge < -0.3 is 10.6 Å². The van der Waals surface area contributed by atoms with Gasteiger partial charge in [0.15, 0.2) is 0 Å². The second kappa shape index (κ2) is 6.24. The Morgan fingerprint density at radius 3 is 2.47 bits per heavy atom. The van der Waals surface area contributed by atoms with Crippen molar-refractivity contribution in [2.45, 2.75) is 31.8 Å². The molecule has 1 saturated carbocycles. The number of amides is 1. The van der Waals surface area contributed by atoms with E-state index < -0.39 is 0 Å². The summed E-state index contributed by atoms with van der Waals surface area (Å²) in [6, 6.07) is 7.50. The first kappa shape index (κ1) is 14.3. The molecule has 1 atom stereocenters. The van der Waals surface area contributed by atoms with E-state index >= 15 is 0 Å². The third-order valence-corrected chi connectivity index (χ3v) is 2.82. The fraction of sp³-hybridized carbons (Fsp3) is 0.417. The lowest BCUT2D eigenvalue weighted by molar-refractivity contribution is -0.117. The topological polar surface area (TPSA) is 41.1 Å². The number of hydrogen-bond donors (Lipinski definition) is 2. The minimum atomic E-state index is -0.150. The number of carbonyl (C=O) groups is 1. The van der Waals surface area contributed by atoms with Gasteiger partial charge in [-0.3, -0.25) is 4.79 Å². The van der Waals surface area contributed by atoms with E-state index in [1.807, 2.05) is 6.92 Å². The number of benzene rings is 1. The molecule has 1 unspecified atom stereocenters. The first-order valence-corrected chi connectivity index (χ1v) is 5.85. The van der Waals surface area contributed by atoms with Gasteiger partial charge in [0.2, 0.25) is 5.91 Å². The molecular weight excluding hydrogens is 259 g/mol. The predicted octanol–water partition coefficient (Wildman–Crippen LogP) is 2.84. The summed E-state index contributed by atoms with van der Waals surface area (Å²) < 4.78 is 0. The number of carbonyl (C=O) groups excluding carboxylic acids is 1. The van der Waals surface area contributed by atoms with Crippen LogP contribution in [-0.4, -0.2) is 18.0 Å². The van der Waals surface area contributed by atoms with Gasteiger partial charge in [0.05, 0.1) is 6.04 Å². The number of nitrogens with one attached hydrogen (secondary N) is 2. The summed E-state index contributed by atoms with van der Waals surface area (Å²) in [5, 5.41) is 6.76. The molecule has 1 fully saturated rings. The summed E-state index contributed by atoms with van der Waals surface area (Å²) in [6.45, 7) is 1.88. The van der Waals surface area contributed by atoms with Crippen LogP contribution in [0.2, 0.25) is 5.02 Å². The molecule has 0 saturated heterocycles. The average Bonchev–Trinajstić information content (AvgIpc) is 3.05. The van der Waals surface area contributed by atoms with Gasteiger partial charge in [0, 0.05) is 16.8 Å². The molecule has 94 valence electrons. The third-order valence-electron chi connectivity index (χ3n) is 2.57. The maximum absolute atomic E-state index is 11.8. The Labute approximate surface area is 112 Å². The van der Waals surface area contributed by atoms with Crippen molar-refractivity contribution >= 4 is 35.6 Å². The lowest BCUT2D eigenvalue weighted by Crippen LogP contribution is -2.39. The van der Waals surface area contributed by atoms with Gasteiger partial charge >= 0.3 is 0 Å². The van der Waals surface area contributed by atoms with Gasteiger partial charge in [-0.2, -0.15) is 0 Å². The van der Waals surface area contributed by atoms with Crippen LogP contribution < -0.4 is 10.6 Å². The number of rotatable bonds is 4. The predicted molar refractivity (Wildman–Crippen MR) is 72.9 cm³/mol. The van der Waals surface area contributed by atoms with Crippen LogP contribution in [0.15, 0.2) is 24.3 Å². The highest BCUT2D eigenvalue weighted by Crippen LogP contribution is 2.19. The van der Waals surface area contributed by atoms with Crippen molar-refractivity contribution in [1.82, 2.24) is 5.32 Å². The smallest absolute Gasteiger partial charge is 0.241 e. The monoisotopic (exact) mass is 274 g/mol. The molecule has 17 heavy (non-hydrogen) atoms. The lowest BCUT2D eigenvalue weighted by atomic mass is 10.2. The van der Waals surface area contributed by atoms with Crippen LogP contribution in [0.4, 0.5) is 5.69 Å². The van der Waals surface area contributed by atoms with Crippen molar-refractivity contribution < 1.29 is 4.79 Å². The Kier molecular flexibility index (Phi) is 5.25. The highest BCUT2D eigenvalue weighted by molar-refractivity contribution is 6.30. The molecule has 0 spiro atoms. The molecule has 1 aromatic carbocycles. The van der Waals surface area contributed by atoms with E-state index in [2.05, 4.69) is 10.6 Å². The van der Waals surface area contributed by atoms with Crippen LogP contribution in [0.1, 0.15) is 19.8 Å².